The Morgan fingerprint density at radius 3 is 2.46 bits per heavy atom. The quantitative estimate of drug-likeness (QED) is 0.426. The standard InChI is InChI=1S/C31H36N4O3S/c1-33(22-23-9-3-2-4-10-23)31(38)26-21-25(32-29(36)28-13-7-20-39-28)14-15-27(26)34-16-8-17-35(19-18-34)30(37)24-11-5-6-12-24/h2-4,7,9-10,13-15,20-21,24H,5-6,8,11-12,16-19,22H2,1H3,(H,32,36). The first-order valence-corrected chi connectivity index (χ1v) is 14.7. The number of hydrogen-bond donors (Lipinski definition) is 1. The van der Waals surface area contributed by atoms with Crippen LogP contribution in [0.1, 0.15) is 57.7 Å². The van der Waals surface area contributed by atoms with Crippen molar-refractivity contribution in [3.8, 4) is 0 Å². The fraction of sp³-hybridized carbons (Fsp3) is 0.387. The summed E-state index contributed by atoms with van der Waals surface area (Å²) >= 11 is 1.38. The molecule has 1 aromatic heterocycles. The second-order valence-corrected chi connectivity index (χ2v) is 11.4. The molecule has 0 unspecified atom stereocenters. The van der Waals surface area contributed by atoms with Gasteiger partial charge in [-0.05, 0) is 54.5 Å². The second kappa shape index (κ2) is 12.5. The molecule has 1 saturated heterocycles. The maximum atomic E-state index is 13.8. The predicted molar refractivity (Wildman–Crippen MR) is 156 cm³/mol. The van der Waals surface area contributed by atoms with Gasteiger partial charge >= 0.3 is 0 Å². The van der Waals surface area contributed by atoms with Crippen molar-refractivity contribution >= 4 is 40.4 Å². The molecular weight excluding hydrogens is 508 g/mol. The first-order valence-electron chi connectivity index (χ1n) is 13.8. The van der Waals surface area contributed by atoms with Gasteiger partial charge in [-0.15, -0.1) is 11.3 Å². The fourth-order valence-corrected chi connectivity index (χ4v) is 6.22. The van der Waals surface area contributed by atoms with Crippen LogP contribution in [0.25, 0.3) is 0 Å². The van der Waals surface area contributed by atoms with Gasteiger partial charge in [-0.1, -0.05) is 49.2 Å². The Kier molecular flexibility index (Phi) is 8.61. The molecule has 1 saturated carbocycles. The minimum Gasteiger partial charge on any atom is -0.369 e. The highest BCUT2D eigenvalue weighted by Crippen LogP contribution is 2.30. The van der Waals surface area contributed by atoms with Gasteiger partial charge in [0.25, 0.3) is 11.8 Å². The van der Waals surface area contributed by atoms with Crippen molar-refractivity contribution in [3.63, 3.8) is 0 Å². The van der Waals surface area contributed by atoms with Gasteiger partial charge in [-0.25, -0.2) is 0 Å². The highest BCUT2D eigenvalue weighted by Gasteiger charge is 2.29. The number of carbonyl (C=O) groups is 3. The summed E-state index contributed by atoms with van der Waals surface area (Å²) in [5.74, 6) is 0.167. The highest BCUT2D eigenvalue weighted by atomic mass is 32.1. The molecule has 2 heterocycles. The Balaban J connectivity index is 1.38. The zero-order valence-electron chi connectivity index (χ0n) is 22.5. The van der Waals surface area contributed by atoms with Crippen molar-refractivity contribution in [2.75, 3.05) is 43.4 Å². The van der Waals surface area contributed by atoms with E-state index < -0.39 is 0 Å². The molecule has 2 aliphatic rings. The monoisotopic (exact) mass is 544 g/mol. The van der Waals surface area contributed by atoms with E-state index >= 15 is 0 Å². The maximum Gasteiger partial charge on any atom is 0.265 e. The molecule has 0 bridgehead atoms. The molecule has 5 rings (SSSR count). The average Bonchev–Trinajstić information content (AvgIpc) is 3.64. The van der Waals surface area contributed by atoms with Gasteiger partial charge in [0.05, 0.1) is 10.4 Å². The largest absolute Gasteiger partial charge is 0.369 e. The number of nitrogens with zero attached hydrogens (tertiary/aromatic N) is 3. The highest BCUT2D eigenvalue weighted by molar-refractivity contribution is 7.12. The van der Waals surface area contributed by atoms with Crippen LogP contribution in [0, 0.1) is 5.92 Å². The van der Waals surface area contributed by atoms with Gasteiger partial charge in [-0.2, -0.15) is 0 Å². The summed E-state index contributed by atoms with van der Waals surface area (Å²) in [6, 6.07) is 19.1. The molecule has 0 spiro atoms. The summed E-state index contributed by atoms with van der Waals surface area (Å²) < 4.78 is 0. The van der Waals surface area contributed by atoms with E-state index in [1.165, 1.54) is 11.3 Å². The van der Waals surface area contributed by atoms with Gasteiger partial charge in [0.2, 0.25) is 5.91 Å². The van der Waals surface area contributed by atoms with Crippen molar-refractivity contribution in [1.82, 2.24) is 9.80 Å². The molecule has 2 fully saturated rings. The lowest BCUT2D eigenvalue weighted by Gasteiger charge is -2.28. The van der Waals surface area contributed by atoms with Crippen molar-refractivity contribution in [2.45, 2.75) is 38.6 Å². The van der Waals surface area contributed by atoms with Crippen LogP contribution in [-0.2, 0) is 11.3 Å². The summed E-state index contributed by atoms with van der Waals surface area (Å²) in [4.78, 5) is 46.2. The molecule has 0 atom stereocenters. The first kappa shape index (κ1) is 26.9. The lowest BCUT2D eigenvalue weighted by atomic mass is 10.1. The van der Waals surface area contributed by atoms with E-state index in [2.05, 4.69) is 10.2 Å². The first-order chi connectivity index (χ1) is 19.0. The third kappa shape index (κ3) is 6.50. The van der Waals surface area contributed by atoms with Gasteiger partial charge in [0.1, 0.15) is 0 Å². The second-order valence-electron chi connectivity index (χ2n) is 10.5. The van der Waals surface area contributed by atoms with Crippen molar-refractivity contribution in [1.29, 1.82) is 0 Å². The third-order valence-corrected chi connectivity index (χ3v) is 8.56. The van der Waals surface area contributed by atoms with Crippen LogP contribution in [0.3, 0.4) is 0 Å². The van der Waals surface area contributed by atoms with Crippen LogP contribution in [-0.4, -0.2) is 60.7 Å². The molecule has 0 radical (unpaired) electrons. The number of benzene rings is 2. The topological polar surface area (TPSA) is 73.0 Å². The number of nitrogens with one attached hydrogen (secondary N) is 1. The van der Waals surface area contributed by atoms with Crippen LogP contribution in [0.15, 0.2) is 66.0 Å². The van der Waals surface area contributed by atoms with E-state index in [9.17, 15) is 14.4 Å². The molecule has 1 aliphatic carbocycles. The normalized spacial score (nSPS) is 16.1. The summed E-state index contributed by atoms with van der Waals surface area (Å²) in [5.41, 5.74) is 3.02. The van der Waals surface area contributed by atoms with Crippen molar-refractivity contribution < 1.29 is 14.4 Å². The molecule has 204 valence electrons. The molecule has 7 nitrogen and oxygen atoms in total. The number of carbonyl (C=O) groups excluding carboxylic acids is 3. The van der Waals surface area contributed by atoms with E-state index in [1.54, 1.807) is 24.1 Å². The molecular formula is C31H36N4O3S. The number of hydrogen-bond acceptors (Lipinski definition) is 5. The smallest absolute Gasteiger partial charge is 0.265 e. The molecule has 1 aliphatic heterocycles. The number of amides is 3. The summed E-state index contributed by atoms with van der Waals surface area (Å²) in [6.07, 6.45) is 5.15. The zero-order chi connectivity index (χ0) is 27.2. The number of thiophene rings is 1. The van der Waals surface area contributed by atoms with E-state index in [-0.39, 0.29) is 17.7 Å². The van der Waals surface area contributed by atoms with Crippen molar-refractivity contribution in [2.24, 2.45) is 5.92 Å². The van der Waals surface area contributed by atoms with Gasteiger partial charge < -0.3 is 20.0 Å². The molecule has 1 N–H and O–H groups in total. The summed E-state index contributed by atoms with van der Waals surface area (Å²) in [6.45, 7) is 3.31. The Bertz CT molecular complexity index is 1290. The summed E-state index contributed by atoms with van der Waals surface area (Å²) in [5, 5.41) is 4.82. The lowest BCUT2D eigenvalue weighted by molar-refractivity contribution is -0.135. The molecule has 2 aromatic carbocycles. The SMILES string of the molecule is CN(Cc1ccccc1)C(=O)c1cc(NC(=O)c2cccs2)ccc1N1CCCN(C(=O)C2CCCC2)CC1. The fourth-order valence-electron chi connectivity index (χ4n) is 5.61. The van der Waals surface area contributed by atoms with Crippen molar-refractivity contribution in [3.05, 3.63) is 82.0 Å². The van der Waals surface area contributed by atoms with Crippen LogP contribution >= 0.6 is 11.3 Å². The van der Waals surface area contributed by atoms with E-state index in [4.69, 9.17) is 0 Å². The number of rotatable bonds is 7. The predicted octanol–water partition coefficient (Wildman–Crippen LogP) is 5.50. The minimum absolute atomic E-state index is 0.107. The zero-order valence-corrected chi connectivity index (χ0v) is 23.3. The molecule has 8 heteroatoms. The summed E-state index contributed by atoms with van der Waals surface area (Å²) in [7, 11) is 1.81. The van der Waals surface area contributed by atoms with E-state index in [0.717, 1.165) is 56.4 Å². The van der Waals surface area contributed by atoms with Gasteiger partial charge in [0, 0.05) is 57.1 Å². The average molecular weight is 545 g/mol. The molecule has 3 amide bonds. The number of anilines is 2. The Morgan fingerprint density at radius 1 is 0.923 bits per heavy atom. The van der Waals surface area contributed by atoms with Crippen LogP contribution in [0.4, 0.5) is 11.4 Å². The Morgan fingerprint density at radius 2 is 1.72 bits per heavy atom. The molecule has 39 heavy (non-hydrogen) atoms. The van der Waals surface area contributed by atoms with Crippen LogP contribution in [0.2, 0.25) is 0 Å². The van der Waals surface area contributed by atoms with Gasteiger partial charge in [0.15, 0.2) is 0 Å². The Labute approximate surface area is 234 Å². The minimum atomic E-state index is -0.190. The molecule has 3 aromatic rings. The van der Waals surface area contributed by atoms with E-state index in [1.807, 2.05) is 58.8 Å². The van der Waals surface area contributed by atoms with E-state index in [0.29, 0.717) is 41.7 Å². The Hall–Kier alpha value is -3.65. The third-order valence-electron chi connectivity index (χ3n) is 7.69. The van der Waals surface area contributed by atoms with Crippen LogP contribution in [0.5, 0.6) is 0 Å². The lowest BCUT2D eigenvalue weighted by Crippen LogP contribution is -2.38. The van der Waals surface area contributed by atoms with Crippen LogP contribution < -0.4 is 10.2 Å². The maximum absolute atomic E-state index is 13.8. The van der Waals surface area contributed by atoms with Gasteiger partial charge in [-0.3, -0.25) is 14.4 Å².